The first-order chi connectivity index (χ1) is 19.4. The molecule has 7 nitrogen and oxygen atoms in total. The van der Waals surface area contributed by atoms with Gasteiger partial charge in [0.25, 0.3) is 0 Å². The molecule has 0 aliphatic carbocycles. The molecule has 40 heavy (non-hydrogen) atoms. The van der Waals surface area contributed by atoms with Gasteiger partial charge in [0.05, 0.1) is 30.1 Å². The van der Waals surface area contributed by atoms with Crippen molar-refractivity contribution in [3.63, 3.8) is 0 Å². The third kappa shape index (κ3) is 6.83. The van der Waals surface area contributed by atoms with Crippen molar-refractivity contribution in [2.24, 2.45) is 4.99 Å². The zero-order valence-corrected chi connectivity index (χ0v) is 23.5. The number of carboxylic acids is 1. The number of hydrogen-bond donors (Lipinski definition) is 1. The highest BCUT2D eigenvalue weighted by molar-refractivity contribution is 5.87. The van der Waals surface area contributed by atoms with Crippen LogP contribution in [-0.4, -0.2) is 66.6 Å². The van der Waals surface area contributed by atoms with Crippen LogP contribution in [0.4, 0.5) is 11.4 Å². The highest BCUT2D eigenvalue weighted by atomic mass is 16.5. The third-order valence-corrected chi connectivity index (χ3v) is 7.65. The number of fused-ring (bicyclic) bond motifs is 2. The van der Waals surface area contributed by atoms with Gasteiger partial charge in [-0.1, -0.05) is 42.5 Å². The lowest BCUT2D eigenvalue weighted by Gasteiger charge is -2.40. The maximum atomic E-state index is 10.2. The summed E-state index contributed by atoms with van der Waals surface area (Å²) in [6.07, 6.45) is 6.45. The van der Waals surface area contributed by atoms with E-state index in [-0.39, 0.29) is 5.60 Å². The standard InChI is InChI=1S/C26H33N3O2.C7H6O2/c1-26(2)19-20-7-5-10-24(25(20)31-26)30-18-6-14-28-15-11-21(12-16-28)29-17-13-27-22-8-3-4-9-23(22)29;8-7(9)6-4-2-1-3-5-6/h3-5,7-10,13,21H,6,11-12,14-19H2,1-2H3;1-5H,(H,8,9). The van der Waals surface area contributed by atoms with E-state index in [0.29, 0.717) is 11.6 Å². The lowest BCUT2D eigenvalue weighted by molar-refractivity contribution is 0.0697. The van der Waals surface area contributed by atoms with Crippen LogP contribution in [0.1, 0.15) is 49.0 Å². The molecule has 1 saturated heterocycles. The summed E-state index contributed by atoms with van der Waals surface area (Å²) in [5, 5.41) is 8.38. The SMILES string of the molecule is CC1(C)Cc2cccc(OCCCN3CCC(N4CC=Nc5ccccc54)CC3)c2O1.O=C(O)c1ccccc1. The van der Waals surface area contributed by atoms with Gasteiger partial charge in [0, 0.05) is 43.9 Å². The number of ether oxygens (including phenoxy) is 2. The van der Waals surface area contributed by atoms with Crippen molar-refractivity contribution in [2.45, 2.75) is 51.2 Å². The zero-order valence-electron chi connectivity index (χ0n) is 23.5. The number of carboxylic acid groups (broad SMARTS) is 1. The summed E-state index contributed by atoms with van der Waals surface area (Å²) in [7, 11) is 0. The first kappa shape index (κ1) is 27.7. The Morgan fingerprint density at radius 1 is 1.02 bits per heavy atom. The Morgan fingerprint density at radius 2 is 1.77 bits per heavy atom. The fourth-order valence-electron chi connectivity index (χ4n) is 5.69. The molecule has 0 bridgehead atoms. The normalized spacial score (nSPS) is 17.7. The summed E-state index contributed by atoms with van der Waals surface area (Å²) in [6.45, 7) is 9.32. The Labute approximate surface area is 237 Å². The van der Waals surface area contributed by atoms with Crippen LogP contribution in [0.3, 0.4) is 0 Å². The molecule has 3 aliphatic heterocycles. The van der Waals surface area contributed by atoms with E-state index in [0.717, 1.165) is 62.8 Å². The first-order valence-corrected chi connectivity index (χ1v) is 14.2. The Hall–Kier alpha value is -3.84. The van der Waals surface area contributed by atoms with Crippen LogP contribution in [0.15, 0.2) is 77.8 Å². The maximum absolute atomic E-state index is 10.2. The Kier molecular flexibility index (Phi) is 8.70. The molecule has 6 rings (SSSR count). The van der Waals surface area contributed by atoms with Crippen molar-refractivity contribution in [3.8, 4) is 11.5 Å². The molecule has 3 aromatic rings. The maximum Gasteiger partial charge on any atom is 0.335 e. The van der Waals surface area contributed by atoms with Crippen LogP contribution < -0.4 is 14.4 Å². The van der Waals surface area contributed by atoms with E-state index in [1.54, 1.807) is 30.3 Å². The minimum atomic E-state index is -0.879. The van der Waals surface area contributed by atoms with Crippen LogP contribution in [0.5, 0.6) is 11.5 Å². The van der Waals surface area contributed by atoms with E-state index in [2.05, 4.69) is 71.3 Å². The van der Waals surface area contributed by atoms with Crippen molar-refractivity contribution in [3.05, 3.63) is 83.9 Å². The van der Waals surface area contributed by atoms with E-state index >= 15 is 0 Å². The van der Waals surface area contributed by atoms with E-state index in [1.807, 2.05) is 6.07 Å². The number of aromatic carboxylic acids is 1. The van der Waals surface area contributed by atoms with Gasteiger partial charge in [0.15, 0.2) is 11.5 Å². The Bertz CT molecular complexity index is 1320. The fraction of sp³-hybridized carbons (Fsp3) is 0.394. The molecule has 0 saturated carbocycles. The smallest absolute Gasteiger partial charge is 0.335 e. The van der Waals surface area contributed by atoms with Gasteiger partial charge in [-0.25, -0.2) is 4.79 Å². The molecule has 0 atom stereocenters. The quantitative estimate of drug-likeness (QED) is 0.357. The second-order valence-electron chi connectivity index (χ2n) is 11.2. The number of piperidine rings is 1. The molecule has 0 spiro atoms. The molecule has 0 unspecified atom stereocenters. The predicted molar refractivity (Wildman–Crippen MR) is 160 cm³/mol. The fourth-order valence-corrected chi connectivity index (χ4v) is 5.69. The number of likely N-dealkylation sites (tertiary alicyclic amines) is 1. The van der Waals surface area contributed by atoms with E-state index in [1.165, 1.54) is 24.1 Å². The predicted octanol–water partition coefficient (Wildman–Crippen LogP) is 6.24. The van der Waals surface area contributed by atoms with Crippen molar-refractivity contribution in [1.82, 2.24) is 4.90 Å². The van der Waals surface area contributed by atoms with Crippen LogP contribution in [0.2, 0.25) is 0 Å². The number of rotatable bonds is 7. The van der Waals surface area contributed by atoms with Crippen molar-refractivity contribution in [2.75, 3.05) is 37.7 Å². The number of carbonyl (C=O) groups is 1. The summed E-state index contributed by atoms with van der Waals surface area (Å²) in [5.74, 6) is 0.960. The van der Waals surface area contributed by atoms with Gasteiger partial charge < -0.3 is 24.4 Å². The van der Waals surface area contributed by atoms with Gasteiger partial charge >= 0.3 is 5.97 Å². The molecule has 3 aromatic carbocycles. The molecule has 1 N–H and O–H groups in total. The van der Waals surface area contributed by atoms with Crippen molar-refractivity contribution < 1.29 is 19.4 Å². The summed E-state index contributed by atoms with van der Waals surface area (Å²) in [5.41, 5.74) is 3.85. The molecule has 210 valence electrons. The van der Waals surface area contributed by atoms with E-state index < -0.39 is 5.97 Å². The average molecular weight is 542 g/mol. The van der Waals surface area contributed by atoms with Crippen LogP contribution >= 0.6 is 0 Å². The number of hydrogen-bond acceptors (Lipinski definition) is 6. The minimum absolute atomic E-state index is 0.132. The largest absolute Gasteiger partial charge is 0.490 e. The molecule has 0 amide bonds. The molecular formula is C33H39N3O4. The molecule has 3 aliphatic rings. The number of para-hydroxylation sites is 3. The number of benzene rings is 3. The van der Waals surface area contributed by atoms with Gasteiger partial charge in [-0.2, -0.15) is 0 Å². The lowest BCUT2D eigenvalue weighted by Crippen LogP contribution is -2.46. The monoisotopic (exact) mass is 541 g/mol. The van der Waals surface area contributed by atoms with Gasteiger partial charge in [0.2, 0.25) is 0 Å². The topological polar surface area (TPSA) is 74.6 Å². The summed E-state index contributed by atoms with van der Waals surface area (Å²) in [6, 6.07) is 23.7. The molecule has 0 aromatic heterocycles. The van der Waals surface area contributed by atoms with Gasteiger partial charge in [-0.3, -0.25) is 4.99 Å². The van der Waals surface area contributed by atoms with E-state index in [9.17, 15) is 4.79 Å². The van der Waals surface area contributed by atoms with Gasteiger partial charge in [-0.15, -0.1) is 0 Å². The molecule has 0 radical (unpaired) electrons. The first-order valence-electron chi connectivity index (χ1n) is 14.2. The third-order valence-electron chi connectivity index (χ3n) is 7.65. The highest BCUT2D eigenvalue weighted by Crippen LogP contribution is 2.41. The van der Waals surface area contributed by atoms with E-state index in [4.69, 9.17) is 14.6 Å². The minimum Gasteiger partial charge on any atom is -0.490 e. The zero-order chi connectivity index (χ0) is 28.0. The Balaban J connectivity index is 0.000000306. The van der Waals surface area contributed by atoms with Crippen molar-refractivity contribution >= 4 is 23.6 Å². The van der Waals surface area contributed by atoms with Gasteiger partial charge in [0.1, 0.15) is 5.60 Å². The molecule has 7 heteroatoms. The number of aliphatic imine (C=N–C) groups is 1. The highest BCUT2D eigenvalue weighted by Gasteiger charge is 2.32. The molecule has 1 fully saturated rings. The number of anilines is 1. The summed E-state index contributed by atoms with van der Waals surface area (Å²) < 4.78 is 12.2. The Morgan fingerprint density at radius 3 is 2.52 bits per heavy atom. The van der Waals surface area contributed by atoms with Crippen molar-refractivity contribution in [1.29, 1.82) is 0 Å². The summed E-state index contributed by atoms with van der Waals surface area (Å²) >= 11 is 0. The van der Waals surface area contributed by atoms with Crippen LogP contribution in [0, 0.1) is 0 Å². The van der Waals surface area contributed by atoms with Gasteiger partial charge in [-0.05, 0) is 63.4 Å². The molecule has 3 heterocycles. The summed E-state index contributed by atoms with van der Waals surface area (Å²) in [4.78, 5) is 19.9. The second-order valence-corrected chi connectivity index (χ2v) is 11.2. The number of nitrogens with zero attached hydrogens (tertiary/aromatic N) is 3. The second kappa shape index (κ2) is 12.6. The van der Waals surface area contributed by atoms with Crippen LogP contribution in [0.25, 0.3) is 0 Å². The lowest BCUT2D eigenvalue weighted by atomic mass is 10.0. The molecular weight excluding hydrogens is 502 g/mol. The average Bonchev–Trinajstić information content (AvgIpc) is 3.31. The van der Waals surface area contributed by atoms with Crippen LogP contribution in [-0.2, 0) is 6.42 Å².